The number of aryl methyl sites for hydroxylation is 1. The third-order valence-corrected chi connectivity index (χ3v) is 6.61. The van der Waals surface area contributed by atoms with Crippen molar-refractivity contribution in [2.24, 2.45) is 0 Å². The average Bonchev–Trinajstić information content (AvgIpc) is 3.43. The van der Waals surface area contributed by atoms with E-state index in [-0.39, 0.29) is 11.9 Å². The zero-order chi connectivity index (χ0) is 21.2. The Morgan fingerprint density at radius 2 is 1.84 bits per heavy atom. The van der Waals surface area contributed by atoms with Crippen molar-refractivity contribution in [3.63, 3.8) is 0 Å². The molecule has 1 unspecified atom stereocenters. The maximum atomic E-state index is 11.3. The van der Waals surface area contributed by atoms with Gasteiger partial charge in [0.1, 0.15) is 0 Å². The van der Waals surface area contributed by atoms with E-state index in [1.165, 1.54) is 23.1 Å². The summed E-state index contributed by atoms with van der Waals surface area (Å²) < 4.78 is 0. The molecule has 0 spiro atoms. The van der Waals surface area contributed by atoms with Crippen LogP contribution in [0.15, 0.2) is 48.8 Å². The smallest absolute Gasteiger partial charge is 0.220 e. The molecule has 2 heterocycles. The standard InChI is InChI=1S/C25H25ClN4O/c26-25-21(20-7-2-5-16-4-1-6-19(16)20)8-3-9-22(25)23-15-28-18(14-29-23)13-27-12-17-10-11-24(31)30-17/h2-3,5,7-9,14-15,17,27H,1,4,6,10-13H2,(H,30,31). The van der Waals surface area contributed by atoms with Crippen LogP contribution >= 0.6 is 11.6 Å². The van der Waals surface area contributed by atoms with E-state index in [2.05, 4.69) is 44.9 Å². The molecule has 158 valence electrons. The lowest BCUT2D eigenvalue weighted by Crippen LogP contribution is -2.35. The van der Waals surface area contributed by atoms with E-state index in [0.29, 0.717) is 13.0 Å². The maximum absolute atomic E-state index is 11.3. The van der Waals surface area contributed by atoms with Crippen LogP contribution in [0.4, 0.5) is 0 Å². The van der Waals surface area contributed by atoms with Crippen LogP contribution in [0.3, 0.4) is 0 Å². The summed E-state index contributed by atoms with van der Waals surface area (Å²) in [6.07, 6.45) is 8.54. The molecule has 1 aliphatic heterocycles. The van der Waals surface area contributed by atoms with E-state index in [9.17, 15) is 4.79 Å². The Hall–Kier alpha value is -2.76. The van der Waals surface area contributed by atoms with Crippen molar-refractivity contribution in [3.05, 3.63) is 70.6 Å². The fourth-order valence-corrected chi connectivity index (χ4v) is 4.92. The monoisotopic (exact) mass is 432 g/mol. The quantitative estimate of drug-likeness (QED) is 0.608. The van der Waals surface area contributed by atoms with Crippen LogP contribution in [0.25, 0.3) is 22.4 Å². The van der Waals surface area contributed by atoms with Gasteiger partial charge >= 0.3 is 0 Å². The summed E-state index contributed by atoms with van der Waals surface area (Å²) in [5, 5.41) is 7.03. The number of benzene rings is 2. The minimum absolute atomic E-state index is 0.135. The van der Waals surface area contributed by atoms with E-state index in [1.807, 2.05) is 12.1 Å². The SMILES string of the molecule is O=C1CCC(CNCc2cnc(-c3cccc(-c4cccc5c4CCC5)c3Cl)cn2)N1. The van der Waals surface area contributed by atoms with Crippen LogP contribution < -0.4 is 10.6 Å². The molecule has 5 rings (SSSR count). The van der Waals surface area contributed by atoms with Crippen LogP contribution in [0.2, 0.25) is 5.02 Å². The summed E-state index contributed by atoms with van der Waals surface area (Å²) >= 11 is 6.87. The first-order chi connectivity index (χ1) is 15.2. The fourth-order valence-electron chi connectivity index (χ4n) is 4.60. The molecule has 2 aliphatic rings. The number of amides is 1. The Balaban J connectivity index is 1.32. The minimum atomic E-state index is 0.135. The van der Waals surface area contributed by atoms with Gasteiger partial charge in [-0.25, -0.2) is 0 Å². The maximum Gasteiger partial charge on any atom is 0.220 e. The van der Waals surface area contributed by atoms with Crippen molar-refractivity contribution in [2.75, 3.05) is 6.54 Å². The molecule has 0 saturated carbocycles. The highest BCUT2D eigenvalue weighted by Crippen LogP contribution is 2.39. The van der Waals surface area contributed by atoms with Crippen molar-refractivity contribution >= 4 is 17.5 Å². The van der Waals surface area contributed by atoms with Crippen molar-refractivity contribution in [1.29, 1.82) is 0 Å². The second-order valence-electron chi connectivity index (χ2n) is 8.29. The summed E-state index contributed by atoms with van der Waals surface area (Å²) in [4.78, 5) is 20.5. The Morgan fingerprint density at radius 3 is 2.65 bits per heavy atom. The molecule has 2 aromatic carbocycles. The predicted octanol–water partition coefficient (Wildman–Crippen LogP) is 4.32. The van der Waals surface area contributed by atoms with Gasteiger partial charge in [0.25, 0.3) is 0 Å². The Kier molecular flexibility index (Phi) is 5.70. The Bertz CT molecular complexity index is 1110. The average molecular weight is 433 g/mol. The number of fused-ring (bicyclic) bond motifs is 1. The molecule has 0 radical (unpaired) electrons. The number of carbonyl (C=O) groups is 1. The first-order valence-electron chi connectivity index (χ1n) is 10.9. The number of nitrogens with zero attached hydrogens (tertiary/aromatic N) is 2. The van der Waals surface area contributed by atoms with Crippen LogP contribution in [0.1, 0.15) is 36.1 Å². The second-order valence-corrected chi connectivity index (χ2v) is 8.67. The van der Waals surface area contributed by atoms with Gasteiger partial charge < -0.3 is 10.6 Å². The van der Waals surface area contributed by atoms with Gasteiger partial charge in [0, 0.05) is 36.7 Å². The largest absolute Gasteiger partial charge is 0.352 e. The van der Waals surface area contributed by atoms with Gasteiger partial charge in [-0.15, -0.1) is 0 Å². The Morgan fingerprint density at radius 1 is 1.00 bits per heavy atom. The summed E-state index contributed by atoms with van der Waals surface area (Å²) in [6.45, 7) is 1.36. The number of halogens is 1. The zero-order valence-electron chi connectivity index (χ0n) is 17.3. The molecule has 6 heteroatoms. The van der Waals surface area contributed by atoms with Gasteiger partial charge in [0.05, 0.1) is 28.8 Å². The second kappa shape index (κ2) is 8.77. The van der Waals surface area contributed by atoms with Crippen LogP contribution in [-0.4, -0.2) is 28.5 Å². The van der Waals surface area contributed by atoms with Crippen LogP contribution in [0, 0.1) is 0 Å². The first kappa shape index (κ1) is 20.2. The normalized spacial score (nSPS) is 17.6. The van der Waals surface area contributed by atoms with Crippen molar-refractivity contribution in [3.8, 4) is 22.4 Å². The molecule has 1 aromatic heterocycles. The summed E-state index contributed by atoms with van der Waals surface area (Å²) in [5.41, 5.74) is 7.68. The molecule has 31 heavy (non-hydrogen) atoms. The van der Waals surface area contributed by atoms with Crippen LogP contribution in [0.5, 0.6) is 0 Å². The number of hydrogen-bond donors (Lipinski definition) is 2. The molecule has 5 nitrogen and oxygen atoms in total. The summed E-state index contributed by atoms with van der Waals surface area (Å²) in [6, 6.07) is 12.9. The lowest BCUT2D eigenvalue weighted by molar-refractivity contribution is -0.119. The number of carbonyl (C=O) groups excluding carboxylic acids is 1. The number of nitrogens with one attached hydrogen (secondary N) is 2. The molecule has 1 amide bonds. The van der Waals surface area contributed by atoms with E-state index in [1.54, 1.807) is 12.4 Å². The lowest BCUT2D eigenvalue weighted by Gasteiger charge is -2.13. The van der Waals surface area contributed by atoms with Gasteiger partial charge in [-0.1, -0.05) is 48.0 Å². The van der Waals surface area contributed by atoms with E-state index in [4.69, 9.17) is 11.6 Å². The third-order valence-electron chi connectivity index (χ3n) is 6.20. The fraction of sp³-hybridized carbons (Fsp3) is 0.320. The summed E-state index contributed by atoms with van der Waals surface area (Å²) in [5.74, 6) is 0.135. The summed E-state index contributed by atoms with van der Waals surface area (Å²) in [7, 11) is 0. The minimum Gasteiger partial charge on any atom is -0.352 e. The van der Waals surface area contributed by atoms with Gasteiger partial charge in [-0.05, 0) is 42.4 Å². The molecule has 3 aromatic rings. The first-order valence-corrected chi connectivity index (χ1v) is 11.3. The molecule has 2 N–H and O–H groups in total. The number of rotatable bonds is 6. The molecule has 1 atom stereocenters. The molecular weight excluding hydrogens is 408 g/mol. The third kappa shape index (κ3) is 4.21. The lowest BCUT2D eigenvalue weighted by atomic mass is 9.95. The van der Waals surface area contributed by atoms with Gasteiger partial charge in [0.15, 0.2) is 0 Å². The van der Waals surface area contributed by atoms with E-state index in [0.717, 1.165) is 53.3 Å². The topological polar surface area (TPSA) is 66.9 Å². The molecule has 1 saturated heterocycles. The van der Waals surface area contributed by atoms with Gasteiger partial charge in [-0.2, -0.15) is 0 Å². The van der Waals surface area contributed by atoms with Gasteiger partial charge in [0.2, 0.25) is 5.91 Å². The molecule has 1 aliphatic carbocycles. The number of hydrogen-bond acceptors (Lipinski definition) is 4. The van der Waals surface area contributed by atoms with Crippen LogP contribution in [-0.2, 0) is 24.2 Å². The Labute approximate surface area is 187 Å². The van der Waals surface area contributed by atoms with Gasteiger partial charge in [-0.3, -0.25) is 14.8 Å². The van der Waals surface area contributed by atoms with E-state index >= 15 is 0 Å². The zero-order valence-corrected chi connectivity index (χ0v) is 18.1. The molecule has 1 fully saturated rings. The predicted molar refractivity (Wildman–Crippen MR) is 123 cm³/mol. The number of aromatic nitrogens is 2. The van der Waals surface area contributed by atoms with Crippen molar-refractivity contribution in [2.45, 2.75) is 44.7 Å². The van der Waals surface area contributed by atoms with Crippen molar-refractivity contribution < 1.29 is 4.79 Å². The van der Waals surface area contributed by atoms with Crippen molar-refractivity contribution in [1.82, 2.24) is 20.6 Å². The highest BCUT2D eigenvalue weighted by Gasteiger charge is 2.20. The highest BCUT2D eigenvalue weighted by atomic mass is 35.5. The molecular formula is C25H25ClN4O. The van der Waals surface area contributed by atoms with E-state index < -0.39 is 0 Å². The molecule has 0 bridgehead atoms. The highest BCUT2D eigenvalue weighted by molar-refractivity contribution is 6.36.